The molecule has 0 radical (unpaired) electrons. The number of ether oxygens (including phenoxy) is 2. The molecule has 0 spiro atoms. The van der Waals surface area contributed by atoms with Crippen molar-refractivity contribution in [1.29, 1.82) is 0 Å². The SMILES string of the molecule is COc1cccc([C@@H](c2ccccc2)C2CCN(C(=O)N3CC[C@@H]4OCC(=O)C[C@@H]4C3)CC2)c1. The molecular formula is C28H34N2O4. The molecule has 34 heavy (non-hydrogen) atoms. The van der Waals surface area contributed by atoms with Crippen LogP contribution in [0.5, 0.6) is 5.75 Å². The van der Waals surface area contributed by atoms with Gasteiger partial charge in [-0.1, -0.05) is 42.5 Å². The highest BCUT2D eigenvalue weighted by molar-refractivity contribution is 5.81. The van der Waals surface area contributed by atoms with Crippen LogP contribution in [0.3, 0.4) is 0 Å². The number of likely N-dealkylation sites (tertiary alicyclic amines) is 2. The number of hydrogen-bond donors (Lipinski definition) is 0. The van der Waals surface area contributed by atoms with Crippen LogP contribution in [0.25, 0.3) is 0 Å². The molecule has 2 aromatic carbocycles. The minimum Gasteiger partial charge on any atom is -0.497 e. The van der Waals surface area contributed by atoms with Crippen LogP contribution in [0.4, 0.5) is 4.79 Å². The van der Waals surface area contributed by atoms with E-state index >= 15 is 0 Å². The topological polar surface area (TPSA) is 59.1 Å². The van der Waals surface area contributed by atoms with Crippen LogP contribution < -0.4 is 4.74 Å². The quantitative estimate of drug-likeness (QED) is 0.678. The lowest BCUT2D eigenvalue weighted by Gasteiger charge is -2.43. The van der Waals surface area contributed by atoms with E-state index in [0.717, 1.165) is 38.1 Å². The number of nitrogens with zero attached hydrogens (tertiary/aromatic N) is 2. The summed E-state index contributed by atoms with van der Waals surface area (Å²) in [5, 5.41) is 0. The van der Waals surface area contributed by atoms with E-state index < -0.39 is 0 Å². The van der Waals surface area contributed by atoms with Gasteiger partial charge >= 0.3 is 6.03 Å². The molecular weight excluding hydrogens is 428 g/mol. The van der Waals surface area contributed by atoms with Crippen molar-refractivity contribution in [3.05, 3.63) is 65.7 Å². The fourth-order valence-electron chi connectivity index (χ4n) is 6.01. The highest BCUT2D eigenvalue weighted by Crippen LogP contribution is 2.39. The van der Waals surface area contributed by atoms with Gasteiger partial charge in [0.25, 0.3) is 0 Å². The number of carbonyl (C=O) groups excluding carboxylic acids is 2. The molecule has 3 heterocycles. The van der Waals surface area contributed by atoms with Gasteiger partial charge in [-0.3, -0.25) is 4.79 Å². The number of methoxy groups -OCH3 is 1. The summed E-state index contributed by atoms with van der Waals surface area (Å²) >= 11 is 0. The van der Waals surface area contributed by atoms with Crippen molar-refractivity contribution < 1.29 is 19.1 Å². The molecule has 3 aliphatic rings. The van der Waals surface area contributed by atoms with Crippen molar-refractivity contribution in [1.82, 2.24) is 9.80 Å². The Labute approximate surface area is 201 Å². The average molecular weight is 463 g/mol. The summed E-state index contributed by atoms with van der Waals surface area (Å²) in [7, 11) is 1.71. The molecule has 3 saturated heterocycles. The Morgan fingerprint density at radius 3 is 2.47 bits per heavy atom. The molecule has 3 atom stereocenters. The number of urea groups is 1. The molecule has 0 N–H and O–H groups in total. The van der Waals surface area contributed by atoms with E-state index in [1.54, 1.807) is 7.11 Å². The third-order valence-corrected chi connectivity index (χ3v) is 7.78. The van der Waals surface area contributed by atoms with Gasteiger partial charge in [0.15, 0.2) is 5.78 Å². The maximum atomic E-state index is 13.3. The van der Waals surface area contributed by atoms with Crippen molar-refractivity contribution >= 4 is 11.8 Å². The lowest BCUT2D eigenvalue weighted by molar-refractivity contribution is -0.140. The minimum absolute atomic E-state index is 0.118. The van der Waals surface area contributed by atoms with Gasteiger partial charge in [0.2, 0.25) is 0 Å². The van der Waals surface area contributed by atoms with E-state index in [0.29, 0.717) is 25.4 Å². The summed E-state index contributed by atoms with van der Waals surface area (Å²) in [4.78, 5) is 29.1. The monoisotopic (exact) mass is 462 g/mol. The summed E-state index contributed by atoms with van der Waals surface area (Å²) < 4.78 is 11.2. The van der Waals surface area contributed by atoms with Crippen LogP contribution in [0.2, 0.25) is 0 Å². The molecule has 0 aromatic heterocycles. The molecule has 6 nitrogen and oxygen atoms in total. The number of benzene rings is 2. The largest absolute Gasteiger partial charge is 0.497 e. The van der Waals surface area contributed by atoms with Crippen LogP contribution in [-0.2, 0) is 9.53 Å². The van der Waals surface area contributed by atoms with E-state index in [1.807, 2.05) is 15.9 Å². The third-order valence-electron chi connectivity index (χ3n) is 7.78. The fourth-order valence-corrected chi connectivity index (χ4v) is 6.01. The number of ketones is 1. The highest BCUT2D eigenvalue weighted by Gasteiger charge is 2.39. The molecule has 0 saturated carbocycles. The van der Waals surface area contributed by atoms with Crippen molar-refractivity contribution in [2.24, 2.45) is 11.8 Å². The normalized spacial score (nSPS) is 24.4. The van der Waals surface area contributed by atoms with E-state index in [2.05, 4.69) is 48.5 Å². The van der Waals surface area contributed by atoms with E-state index in [9.17, 15) is 9.59 Å². The number of rotatable bonds is 4. The van der Waals surface area contributed by atoms with Crippen LogP contribution >= 0.6 is 0 Å². The van der Waals surface area contributed by atoms with E-state index in [4.69, 9.17) is 9.47 Å². The highest BCUT2D eigenvalue weighted by atomic mass is 16.5. The van der Waals surface area contributed by atoms with Gasteiger partial charge in [0.1, 0.15) is 12.4 Å². The number of amides is 2. The van der Waals surface area contributed by atoms with Crippen molar-refractivity contribution in [3.63, 3.8) is 0 Å². The number of piperidine rings is 2. The van der Waals surface area contributed by atoms with Crippen LogP contribution in [0, 0.1) is 11.8 Å². The lowest BCUT2D eigenvalue weighted by atomic mass is 9.76. The zero-order chi connectivity index (χ0) is 23.5. The number of fused-ring (bicyclic) bond motifs is 1. The molecule has 6 heteroatoms. The zero-order valence-corrected chi connectivity index (χ0v) is 19.9. The summed E-state index contributed by atoms with van der Waals surface area (Å²) in [5.41, 5.74) is 2.57. The lowest BCUT2D eigenvalue weighted by Crippen LogP contribution is -2.54. The Bertz CT molecular complexity index is 1000. The standard InChI is InChI=1S/C28H34N2O4/c1-33-25-9-5-8-22(17-25)27(20-6-3-2-4-7-20)21-10-13-29(14-11-21)28(32)30-15-12-26-23(18-30)16-24(31)19-34-26/h2-9,17,21,23,26-27H,10-16,18-19H2,1H3/t23-,26+,27+/m1/s1. The molecule has 2 aromatic rings. The van der Waals surface area contributed by atoms with Crippen LogP contribution in [0.15, 0.2) is 54.6 Å². The molecule has 2 amide bonds. The predicted octanol–water partition coefficient (Wildman–Crippen LogP) is 4.34. The molecule has 0 aliphatic carbocycles. The van der Waals surface area contributed by atoms with Gasteiger partial charge in [-0.05, 0) is 48.4 Å². The summed E-state index contributed by atoms with van der Waals surface area (Å²) in [6.45, 7) is 3.10. The van der Waals surface area contributed by atoms with Gasteiger partial charge in [0.05, 0.1) is 13.2 Å². The van der Waals surface area contributed by atoms with Gasteiger partial charge in [0, 0.05) is 44.4 Å². The summed E-state index contributed by atoms with van der Waals surface area (Å²) in [6.07, 6.45) is 3.41. The second-order valence-corrected chi connectivity index (χ2v) is 9.86. The first kappa shape index (κ1) is 22.9. The number of Topliss-reactive ketones (excluding diaryl/α,β-unsaturated/α-hetero) is 1. The smallest absolute Gasteiger partial charge is 0.320 e. The third kappa shape index (κ3) is 4.83. The first-order valence-corrected chi connectivity index (χ1v) is 12.5. The molecule has 0 bridgehead atoms. The molecule has 0 unspecified atom stereocenters. The summed E-state index contributed by atoms with van der Waals surface area (Å²) in [5.74, 6) is 1.90. The van der Waals surface area contributed by atoms with Crippen molar-refractivity contribution in [3.8, 4) is 5.75 Å². The summed E-state index contributed by atoms with van der Waals surface area (Å²) in [6, 6.07) is 19.2. The Balaban J connectivity index is 1.26. The van der Waals surface area contributed by atoms with Crippen LogP contribution in [0.1, 0.15) is 42.7 Å². The second kappa shape index (κ2) is 10.2. The second-order valence-electron chi connectivity index (χ2n) is 9.86. The zero-order valence-electron chi connectivity index (χ0n) is 19.9. The van der Waals surface area contributed by atoms with Crippen molar-refractivity contribution in [2.45, 2.75) is 37.7 Å². The number of hydrogen-bond acceptors (Lipinski definition) is 4. The van der Waals surface area contributed by atoms with Crippen LogP contribution in [-0.4, -0.2) is 67.6 Å². The van der Waals surface area contributed by atoms with E-state index in [1.165, 1.54) is 11.1 Å². The number of carbonyl (C=O) groups is 2. The maximum Gasteiger partial charge on any atom is 0.320 e. The van der Waals surface area contributed by atoms with Gasteiger partial charge in [-0.15, -0.1) is 0 Å². The fraction of sp³-hybridized carbons (Fsp3) is 0.500. The first-order valence-electron chi connectivity index (χ1n) is 12.5. The Morgan fingerprint density at radius 2 is 1.71 bits per heavy atom. The maximum absolute atomic E-state index is 13.3. The molecule has 3 fully saturated rings. The van der Waals surface area contributed by atoms with Gasteiger partial charge in [-0.25, -0.2) is 4.79 Å². The predicted molar refractivity (Wildman–Crippen MR) is 130 cm³/mol. The first-order chi connectivity index (χ1) is 16.6. The Kier molecular flexibility index (Phi) is 6.86. The Morgan fingerprint density at radius 1 is 0.971 bits per heavy atom. The van der Waals surface area contributed by atoms with E-state index in [-0.39, 0.29) is 36.4 Å². The molecule has 3 aliphatic heterocycles. The molecule has 5 rings (SSSR count). The minimum atomic E-state index is 0.118. The van der Waals surface area contributed by atoms with Crippen molar-refractivity contribution in [2.75, 3.05) is 39.9 Å². The van der Waals surface area contributed by atoms with Gasteiger partial charge in [-0.2, -0.15) is 0 Å². The van der Waals surface area contributed by atoms with Gasteiger partial charge < -0.3 is 19.3 Å². The average Bonchev–Trinajstić information content (AvgIpc) is 2.89. The Hall–Kier alpha value is -2.86. The molecule has 180 valence electrons.